The van der Waals surface area contributed by atoms with E-state index in [0.717, 1.165) is 12.1 Å². The molecule has 3 rings (SSSR count). The maximum Gasteiger partial charge on any atom is 0.160 e. The number of nitrogen functional groups attached to an aromatic ring is 1. The highest BCUT2D eigenvalue weighted by Gasteiger charge is 2.13. The lowest BCUT2D eigenvalue weighted by Crippen LogP contribution is -1.95. The first kappa shape index (κ1) is 11.5. The average Bonchev–Trinajstić information content (AvgIpc) is 2.76. The zero-order valence-corrected chi connectivity index (χ0v) is 9.61. The van der Waals surface area contributed by atoms with E-state index in [-0.39, 0.29) is 17.0 Å². The number of fused-ring (bicyclic) bond motifs is 1. The van der Waals surface area contributed by atoms with Crippen molar-refractivity contribution in [3.63, 3.8) is 0 Å². The van der Waals surface area contributed by atoms with Crippen molar-refractivity contribution in [3.8, 4) is 17.1 Å². The summed E-state index contributed by atoms with van der Waals surface area (Å²) in [4.78, 5) is 7.12. The Hall–Kier alpha value is -2.63. The van der Waals surface area contributed by atoms with Gasteiger partial charge < -0.3 is 15.8 Å². The molecule has 19 heavy (non-hydrogen) atoms. The summed E-state index contributed by atoms with van der Waals surface area (Å²) >= 11 is 0. The molecule has 96 valence electrons. The molecule has 1 aromatic heterocycles. The number of imidazole rings is 1. The Bertz CT molecular complexity index is 783. The smallest absolute Gasteiger partial charge is 0.160 e. The van der Waals surface area contributed by atoms with Crippen LogP contribution in [0.5, 0.6) is 5.75 Å². The summed E-state index contributed by atoms with van der Waals surface area (Å²) in [7, 11) is 0. The SMILES string of the molecule is Nc1cc(F)c(F)cc1-c1nc2ccc(O)cc2[nH]1. The number of rotatable bonds is 1. The Labute approximate surface area is 106 Å². The van der Waals surface area contributed by atoms with E-state index in [0.29, 0.717) is 16.9 Å². The van der Waals surface area contributed by atoms with Gasteiger partial charge in [0.05, 0.1) is 11.0 Å². The minimum Gasteiger partial charge on any atom is -0.508 e. The number of aromatic nitrogens is 2. The molecule has 0 radical (unpaired) electrons. The van der Waals surface area contributed by atoms with Gasteiger partial charge in [-0.3, -0.25) is 0 Å². The van der Waals surface area contributed by atoms with Crippen LogP contribution in [0.15, 0.2) is 30.3 Å². The molecule has 0 amide bonds. The summed E-state index contributed by atoms with van der Waals surface area (Å²) in [5, 5.41) is 9.36. The number of nitrogens with zero attached hydrogens (tertiary/aromatic N) is 1. The number of halogens is 2. The highest BCUT2D eigenvalue weighted by molar-refractivity contribution is 5.83. The molecule has 0 aliphatic rings. The van der Waals surface area contributed by atoms with E-state index >= 15 is 0 Å². The number of nitrogens with two attached hydrogens (primary N) is 1. The molecule has 0 aliphatic heterocycles. The van der Waals surface area contributed by atoms with Crippen LogP contribution in [-0.2, 0) is 0 Å². The molecule has 0 aliphatic carbocycles. The van der Waals surface area contributed by atoms with Crippen LogP contribution in [-0.4, -0.2) is 15.1 Å². The standard InChI is InChI=1S/C13H9F2N3O/c14-8-4-7(10(16)5-9(8)15)13-17-11-2-1-6(19)3-12(11)18-13/h1-5,19H,16H2,(H,17,18). The first-order valence-electron chi connectivity index (χ1n) is 5.48. The maximum absolute atomic E-state index is 13.3. The second-order valence-electron chi connectivity index (χ2n) is 4.14. The minimum atomic E-state index is -1.00. The van der Waals surface area contributed by atoms with E-state index in [4.69, 9.17) is 5.73 Å². The number of anilines is 1. The van der Waals surface area contributed by atoms with Crippen molar-refractivity contribution in [3.05, 3.63) is 42.0 Å². The first-order chi connectivity index (χ1) is 9.04. The third-order valence-corrected chi connectivity index (χ3v) is 2.81. The number of hydrogen-bond acceptors (Lipinski definition) is 3. The third kappa shape index (κ3) is 1.87. The van der Waals surface area contributed by atoms with Gasteiger partial charge in [0.15, 0.2) is 11.6 Å². The summed E-state index contributed by atoms with van der Waals surface area (Å²) < 4.78 is 26.3. The normalized spacial score (nSPS) is 11.1. The van der Waals surface area contributed by atoms with Gasteiger partial charge in [0.1, 0.15) is 11.6 Å². The molecule has 0 fully saturated rings. The lowest BCUT2D eigenvalue weighted by Gasteiger charge is -2.03. The topological polar surface area (TPSA) is 74.9 Å². The summed E-state index contributed by atoms with van der Waals surface area (Å²) in [6.07, 6.45) is 0. The fourth-order valence-corrected chi connectivity index (χ4v) is 1.89. The van der Waals surface area contributed by atoms with E-state index in [1.54, 1.807) is 6.07 Å². The van der Waals surface area contributed by atoms with Crippen molar-refractivity contribution in [2.24, 2.45) is 0 Å². The van der Waals surface area contributed by atoms with Gasteiger partial charge in [-0.15, -0.1) is 0 Å². The number of phenols is 1. The number of hydrogen-bond donors (Lipinski definition) is 3. The van der Waals surface area contributed by atoms with Gasteiger partial charge in [0, 0.05) is 23.4 Å². The van der Waals surface area contributed by atoms with E-state index in [9.17, 15) is 13.9 Å². The molecule has 0 spiro atoms. The van der Waals surface area contributed by atoms with Crippen molar-refractivity contribution < 1.29 is 13.9 Å². The van der Waals surface area contributed by atoms with Crippen LogP contribution in [0.2, 0.25) is 0 Å². The number of aromatic hydroxyl groups is 1. The van der Waals surface area contributed by atoms with Crippen molar-refractivity contribution in [1.29, 1.82) is 0 Å². The lowest BCUT2D eigenvalue weighted by atomic mass is 10.1. The predicted octanol–water partition coefficient (Wildman–Crippen LogP) is 2.80. The van der Waals surface area contributed by atoms with Crippen molar-refractivity contribution in [2.75, 3.05) is 5.73 Å². The predicted molar refractivity (Wildman–Crippen MR) is 67.5 cm³/mol. The molecule has 1 heterocycles. The van der Waals surface area contributed by atoms with E-state index in [1.807, 2.05) is 0 Å². The van der Waals surface area contributed by atoms with Crippen LogP contribution in [0.3, 0.4) is 0 Å². The molecule has 0 atom stereocenters. The Morgan fingerprint density at radius 1 is 1.11 bits per heavy atom. The Morgan fingerprint density at radius 2 is 1.84 bits per heavy atom. The van der Waals surface area contributed by atoms with Crippen LogP contribution in [0.4, 0.5) is 14.5 Å². The molecule has 0 bridgehead atoms. The van der Waals surface area contributed by atoms with Gasteiger partial charge in [-0.05, 0) is 18.2 Å². The zero-order chi connectivity index (χ0) is 13.6. The van der Waals surface area contributed by atoms with Crippen molar-refractivity contribution in [1.82, 2.24) is 9.97 Å². The quantitative estimate of drug-likeness (QED) is 0.589. The van der Waals surface area contributed by atoms with Crippen molar-refractivity contribution in [2.45, 2.75) is 0 Å². The number of phenolic OH excluding ortho intramolecular Hbond substituents is 1. The van der Waals surface area contributed by atoms with Gasteiger partial charge in [-0.2, -0.15) is 0 Å². The number of nitrogens with one attached hydrogen (secondary N) is 1. The van der Waals surface area contributed by atoms with Crippen LogP contribution >= 0.6 is 0 Å². The van der Waals surface area contributed by atoms with E-state index in [2.05, 4.69) is 9.97 Å². The second kappa shape index (κ2) is 3.94. The van der Waals surface area contributed by atoms with Crippen LogP contribution < -0.4 is 5.73 Å². The fraction of sp³-hybridized carbons (Fsp3) is 0. The Morgan fingerprint density at radius 3 is 2.63 bits per heavy atom. The lowest BCUT2D eigenvalue weighted by molar-refractivity contribution is 0.476. The third-order valence-electron chi connectivity index (χ3n) is 2.81. The van der Waals surface area contributed by atoms with Gasteiger partial charge in [0.25, 0.3) is 0 Å². The average molecular weight is 261 g/mol. The minimum absolute atomic E-state index is 0.0842. The fourth-order valence-electron chi connectivity index (χ4n) is 1.89. The zero-order valence-electron chi connectivity index (χ0n) is 9.61. The number of benzene rings is 2. The summed E-state index contributed by atoms with van der Waals surface area (Å²) in [5.74, 6) is -1.60. The van der Waals surface area contributed by atoms with Gasteiger partial charge >= 0.3 is 0 Å². The first-order valence-corrected chi connectivity index (χ1v) is 5.48. The largest absolute Gasteiger partial charge is 0.508 e. The Kier molecular flexibility index (Phi) is 2.38. The molecule has 0 unspecified atom stereocenters. The highest BCUT2D eigenvalue weighted by atomic mass is 19.2. The molecule has 4 nitrogen and oxygen atoms in total. The summed E-state index contributed by atoms with van der Waals surface area (Å²) in [6.45, 7) is 0. The summed E-state index contributed by atoms with van der Waals surface area (Å²) in [5.41, 5.74) is 7.19. The second-order valence-corrected chi connectivity index (χ2v) is 4.14. The molecule has 0 saturated carbocycles. The van der Waals surface area contributed by atoms with Crippen LogP contribution in [0, 0.1) is 11.6 Å². The van der Waals surface area contributed by atoms with Gasteiger partial charge in [0.2, 0.25) is 0 Å². The van der Waals surface area contributed by atoms with Crippen LogP contribution in [0.1, 0.15) is 0 Å². The monoisotopic (exact) mass is 261 g/mol. The Balaban J connectivity index is 2.21. The molecule has 3 aromatic rings. The van der Waals surface area contributed by atoms with E-state index < -0.39 is 11.6 Å². The molecule has 6 heteroatoms. The number of H-pyrrole nitrogens is 1. The van der Waals surface area contributed by atoms with Crippen molar-refractivity contribution >= 4 is 16.7 Å². The highest BCUT2D eigenvalue weighted by Crippen LogP contribution is 2.28. The molecular formula is C13H9F2N3O. The maximum atomic E-state index is 13.3. The molecule has 2 aromatic carbocycles. The van der Waals surface area contributed by atoms with Gasteiger partial charge in [-0.25, -0.2) is 13.8 Å². The van der Waals surface area contributed by atoms with E-state index in [1.165, 1.54) is 12.1 Å². The molecular weight excluding hydrogens is 252 g/mol. The van der Waals surface area contributed by atoms with Crippen LogP contribution in [0.25, 0.3) is 22.4 Å². The molecule has 0 saturated heterocycles. The summed E-state index contributed by atoms with van der Waals surface area (Å²) in [6, 6.07) is 6.49. The van der Waals surface area contributed by atoms with Gasteiger partial charge in [-0.1, -0.05) is 0 Å². The number of aromatic amines is 1. The molecule has 4 N–H and O–H groups in total.